The highest BCUT2D eigenvalue weighted by atomic mass is 35.5. The van der Waals surface area contributed by atoms with E-state index in [9.17, 15) is 4.79 Å². The summed E-state index contributed by atoms with van der Waals surface area (Å²) in [5, 5.41) is 3.50. The van der Waals surface area contributed by atoms with Crippen molar-refractivity contribution in [2.75, 3.05) is 5.32 Å². The molecule has 0 aliphatic heterocycles. The van der Waals surface area contributed by atoms with E-state index in [2.05, 4.69) is 15.3 Å². The summed E-state index contributed by atoms with van der Waals surface area (Å²) >= 11 is 6.04. The summed E-state index contributed by atoms with van der Waals surface area (Å²) in [6.07, 6.45) is 1.67. The van der Waals surface area contributed by atoms with Crippen molar-refractivity contribution in [2.45, 2.75) is 6.92 Å². The molecule has 0 unspecified atom stereocenters. The van der Waals surface area contributed by atoms with Crippen LogP contribution in [0.4, 0.5) is 5.69 Å². The quantitative estimate of drug-likeness (QED) is 0.359. The van der Waals surface area contributed by atoms with E-state index < -0.39 is 0 Å². The number of oxazole rings is 1. The van der Waals surface area contributed by atoms with Crippen molar-refractivity contribution in [1.82, 2.24) is 9.97 Å². The highest BCUT2D eigenvalue weighted by molar-refractivity contribution is 6.30. The van der Waals surface area contributed by atoms with Gasteiger partial charge in [0.1, 0.15) is 5.76 Å². The minimum atomic E-state index is -0.354. The Kier molecular flexibility index (Phi) is 4.76. The van der Waals surface area contributed by atoms with Gasteiger partial charge in [0.2, 0.25) is 5.89 Å². The van der Waals surface area contributed by atoms with Crippen LogP contribution in [0, 0.1) is 6.92 Å². The maximum absolute atomic E-state index is 12.8. The standard InChI is InChI=1S/C24H16ClN3O3/c1-14-17(24-28-22-20(31-24)9-4-12-26-22)7-3-8-18(14)27-23(29)21-11-10-19(30-21)15-5-2-6-16(25)13-15/h2-13H,1H3,(H,27,29). The predicted octanol–water partition coefficient (Wildman–Crippen LogP) is 6.36. The number of benzene rings is 2. The van der Waals surface area contributed by atoms with Gasteiger partial charge in [0.25, 0.3) is 5.91 Å². The molecule has 0 fully saturated rings. The Hall–Kier alpha value is -3.90. The summed E-state index contributed by atoms with van der Waals surface area (Å²) in [6.45, 7) is 1.90. The van der Waals surface area contributed by atoms with E-state index in [0.717, 1.165) is 16.7 Å². The number of carbonyl (C=O) groups is 1. The molecule has 2 aromatic carbocycles. The van der Waals surface area contributed by atoms with Gasteiger partial charge in [-0.1, -0.05) is 29.8 Å². The van der Waals surface area contributed by atoms with Crippen molar-refractivity contribution >= 4 is 34.4 Å². The molecule has 1 N–H and O–H groups in total. The van der Waals surface area contributed by atoms with Gasteiger partial charge in [0.15, 0.2) is 17.0 Å². The fraction of sp³-hybridized carbons (Fsp3) is 0.0417. The fourth-order valence-electron chi connectivity index (χ4n) is 3.33. The van der Waals surface area contributed by atoms with Crippen molar-refractivity contribution in [3.63, 3.8) is 0 Å². The van der Waals surface area contributed by atoms with Crippen molar-refractivity contribution in [1.29, 1.82) is 0 Å². The Morgan fingerprint density at radius 2 is 1.87 bits per heavy atom. The van der Waals surface area contributed by atoms with Crippen LogP contribution in [0.5, 0.6) is 0 Å². The van der Waals surface area contributed by atoms with Gasteiger partial charge in [-0.05, 0) is 61.0 Å². The first-order valence-electron chi connectivity index (χ1n) is 9.57. The zero-order chi connectivity index (χ0) is 21.4. The molecule has 3 aromatic heterocycles. The molecule has 0 radical (unpaired) electrons. The minimum Gasteiger partial charge on any atom is -0.451 e. The van der Waals surface area contributed by atoms with E-state index in [1.807, 2.05) is 43.3 Å². The Morgan fingerprint density at radius 1 is 1.00 bits per heavy atom. The van der Waals surface area contributed by atoms with Crippen molar-refractivity contribution < 1.29 is 13.6 Å². The predicted molar refractivity (Wildman–Crippen MR) is 119 cm³/mol. The molecule has 0 aliphatic carbocycles. The Bertz CT molecular complexity index is 1390. The monoisotopic (exact) mass is 429 g/mol. The molecule has 1 amide bonds. The first kappa shape index (κ1) is 19.1. The number of amides is 1. The summed E-state index contributed by atoms with van der Waals surface area (Å²) in [5.41, 5.74) is 4.18. The number of carbonyl (C=O) groups excluding carboxylic acids is 1. The van der Waals surface area contributed by atoms with Gasteiger partial charge in [0.05, 0.1) is 0 Å². The third kappa shape index (κ3) is 3.69. The lowest BCUT2D eigenvalue weighted by Gasteiger charge is -2.10. The summed E-state index contributed by atoms with van der Waals surface area (Å²) in [4.78, 5) is 21.4. The van der Waals surface area contributed by atoms with Crippen LogP contribution in [-0.4, -0.2) is 15.9 Å². The molecule has 0 aliphatic rings. The van der Waals surface area contributed by atoms with Crippen molar-refractivity contribution in [3.05, 3.63) is 89.3 Å². The second-order valence-electron chi connectivity index (χ2n) is 6.95. The Labute approximate surface area is 182 Å². The van der Waals surface area contributed by atoms with Gasteiger partial charge >= 0.3 is 0 Å². The summed E-state index contributed by atoms with van der Waals surface area (Å²) < 4.78 is 11.6. The summed E-state index contributed by atoms with van der Waals surface area (Å²) in [7, 11) is 0. The smallest absolute Gasteiger partial charge is 0.291 e. The second-order valence-corrected chi connectivity index (χ2v) is 7.39. The molecule has 5 aromatic rings. The molecule has 31 heavy (non-hydrogen) atoms. The van der Waals surface area contributed by atoms with Crippen LogP contribution >= 0.6 is 11.6 Å². The zero-order valence-corrected chi connectivity index (χ0v) is 17.2. The summed E-state index contributed by atoms with van der Waals surface area (Å²) in [6, 6.07) is 19.8. The van der Waals surface area contributed by atoms with Gasteiger partial charge in [-0.15, -0.1) is 0 Å². The van der Waals surface area contributed by atoms with Gasteiger partial charge in [-0.2, -0.15) is 4.98 Å². The van der Waals surface area contributed by atoms with Crippen LogP contribution in [-0.2, 0) is 0 Å². The van der Waals surface area contributed by atoms with Gasteiger partial charge in [0, 0.05) is 28.0 Å². The van der Waals surface area contributed by atoms with Crippen LogP contribution in [0.25, 0.3) is 34.0 Å². The molecule has 0 atom stereocenters. The lowest BCUT2D eigenvalue weighted by molar-refractivity contribution is 0.0997. The van der Waals surface area contributed by atoms with Gasteiger partial charge in [-0.3, -0.25) is 4.79 Å². The average Bonchev–Trinajstić information content (AvgIpc) is 3.42. The highest BCUT2D eigenvalue weighted by Gasteiger charge is 2.17. The van der Waals surface area contributed by atoms with Gasteiger partial charge in [-0.25, -0.2) is 4.98 Å². The Balaban J connectivity index is 1.41. The average molecular weight is 430 g/mol. The second kappa shape index (κ2) is 7.74. The SMILES string of the molecule is Cc1c(NC(=O)c2ccc(-c3cccc(Cl)c3)o2)cccc1-c1nc2ncccc2o1. The molecule has 0 spiro atoms. The number of nitrogens with zero attached hydrogens (tertiary/aromatic N) is 2. The lowest BCUT2D eigenvalue weighted by Crippen LogP contribution is -2.12. The topological polar surface area (TPSA) is 81.2 Å². The normalized spacial score (nSPS) is 11.0. The maximum atomic E-state index is 12.8. The van der Waals surface area contributed by atoms with E-state index >= 15 is 0 Å². The molecule has 6 nitrogen and oxygen atoms in total. The number of fused-ring (bicyclic) bond motifs is 1. The number of anilines is 1. The first-order valence-corrected chi connectivity index (χ1v) is 9.95. The van der Waals surface area contributed by atoms with Crippen LogP contribution in [0.1, 0.15) is 16.1 Å². The van der Waals surface area contributed by atoms with Crippen molar-refractivity contribution in [2.24, 2.45) is 0 Å². The third-order valence-corrected chi connectivity index (χ3v) is 5.15. The van der Waals surface area contributed by atoms with E-state index in [-0.39, 0.29) is 11.7 Å². The number of nitrogens with one attached hydrogen (secondary N) is 1. The molecular formula is C24H16ClN3O3. The molecule has 0 saturated heterocycles. The van der Waals surface area contributed by atoms with Crippen LogP contribution < -0.4 is 5.32 Å². The molecule has 7 heteroatoms. The number of rotatable bonds is 4. The zero-order valence-electron chi connectivity index (χ0n) is 16.4. The first-order chi connectivity index (χ1) is 15.1. The number of furan rings is 1. The molecule has 3 heterocycles. The lowest BCUT2D eigenvalue weighted by atomic mass is 10.1. The van der Waals surface area contributed by atoms with E-state index in [4.69, 9.17) is 20.4 Å². The number of aromatic nitrogens is 2. The number of hydrogen-bond donors (Lipinski definition) is 1. The number of halogens is 1. The maximum Gasteiger partial charge on any atom is 0.291 e. The van der Waals surface area contributed by atoms with E-state index in [1.165, 1.54) is 0 Å². The van der Waals surface area contributed by atoms with Crippen molar-refractivity contribution in [3.8, 4) is 22.8 Å². The summed E-state index contributed by atoms with van der Waals surface area (Å²) in [5.74, 6) is 0.860. The largest absolute Gasteiger partial charge is 0.451 e. The molecular weight excluding hydrogens is 414 g/mol. The highest BCUT2D eigenvalue weighted by Crippen LogP contribution is 2.31. The minimum absolute atomic E-state index is 0.200. The third-order valence-electron chi connectivity index (χ3n) is 4.92. The van der Waals surface area contributed by atoms with Gasteiger partial charge < -0.3 is 14.2 Å². The fourth-order valence-corrected chi connectivity index (χ4v) is 3.52. The molecule has 0 saturated carbocycles. The van der Waals surface area contributed by atoms with Crippen LogP contribution in [0.15, 0.2) is 81.8 Å². The van der Waals surface area contributed by atoms with Crippen LogP contribution in [0.2, 0.25) is 5.02 Å². The number of pyridine rings is 1. The van der Waals surface area contributed by atoms with E-state index in [0.29, 0.717) is 33.6 Å². The molecule has 152 valence electrons. The Morgan fingerprint density at radius 3 is 2.71 bits per heavy atom. The van der Waals surface area contributed by atoms with E-state index in [1.54, 1.807) is 36.5 Å². The molecule has 0 bridgehead atoms. The van der Waals surface area contributed by atoms with Crippen LogP contribution in [0.3, 0.4) is 0 Å². The molecule has 5 rings (SSSR count). The number of hydrogen-bond acceptors (Lipinski definition) is 5.